The molecule has 1 unspecified atom stereocenters. The lowest BCUT2D eigenvalue weighted by atomic mass is 10.1. The van der Waals surface area contributed by atoms with Crippen LogP contribution in [-0.4, -0.2) is 40.3 Å². The molecule has 0 radical (unpaired) electrons. The fraction of sp³-hybridized carbons (Fsp3) is 0.375. The summed E-state index contributed by atoms with van der Waals surface area (Å²) >= 11 is 6.09. The number of nitrogens with two attached hydrogens (primary N) is 1. The van der Waals surface area contributed by atoms with Crippen LogP contribution < -0.4 is 5.73 Å². The molecule has 0 fully saturated rings. The van der Waals surface area contributed by atoms with Gasteiger partial charge >= 0.3 is 0 Å². The standard InChI is InChI=1S/C16H20ClN5O/c1-22(10-15(23)11-5-2-3-6-13(11)17)8-4-7-14-12(9-18)16(19)21-20-14/h2-3,5-6,15,23H,4,7-8,10H2,1H3,(H3,19,20,21). The van der Waals surface area contributed by atoms with Crippen LogP contribution >= 0.6 is 11.6 Å². The fourth-order valence-corrected chi connectivity index (χ4v) is 2.72. The third-order valence-electron chi connectivity index (χ3n) is 3.70. The van der Waals surface area contributed by atoms with Gasteiger partial charge in [-0.05, 0) is 32.5 Å². The topological polar surface area (TPSA) is 102 Å². The molecule has 2 aromatic rings. The molecule has 23 heavy (non-hydrogen) atoms. The van der Waals surface area contributed by atoms with E-state index in [9.17, 15) is 5.11 Å². The number of anilines is 1. The predicted octanol–water partition coefficient (Wildman–Crippen LogP) is 2.11. The van der Waals surface area contributed by atoms with E-state index in [1.54, 1.807) is 6.07 Å². The second-order valence-electron chi connectivity index (χ2n) is 5.48. The molecule has 4 N–H and O–H groups in total. The van der Waals surface area contributed by atoms with E-state index in [1.807, 2.05) is 30.1 Å². The number of nitrogen functional groups attached to an aromatic ring is 1. The zero-order chi connectivity index (χ0) is 16.8. The maximum Gasteiger partial charge on any atom is 0.163 e. The summed E-state index contributed by atoms with van der Waals surface area (Å²) in [6.07, 6.45) is 0.868. The first-order valence-electron chi connectivity index (χ1n) is 7.36. The number of hydrogen-bond acceptors (Lipinski definition) is 5. The predicted molar refractivity (Wildman–Crippen MR) is 89.9 cm³/mol. The Bertz CT molecular complexity index is 694. The maximum atomic E-state index is 10.3. The Balaban J connectivity index is 1.82. The molecule has 1 aromatic carbocycles. The molecule has 7 heteroatoms. The number of aryl methyl sites for hydroxylation is 1. The summed E-state index contributed by atoms with van der Waals surface area (Å²) in [5.41, 5.74) is 7.51. The number of rotatable bonds is 7. The zero-order valence-electron chi connectivity index (χ0n) is 13.0. The van der Waals surface area contributed by atoms with Gasteiger partial charge in [0.1, 0.15) is 11.6 Å². The van der Waals surface area contributed by atoms with Crippen LogP contribution in [0.25, 0.3) is 0 Å². The number of nitrogens with zero attached hydrogens (tertiary/aromatic N) is 3. The van der Waals surface area contributed by atoms with Crippen LogP contribution in [-0.2, 0) is 6.42 Å². The molecule has 1 heterocycles. The summed E-state index contributed by atoms with van der Waals surface area (Å²) in [7, 11) is 1.94. The van der Waals surface area contributed by atoms with E-state index in [4.69, 9.17) is 22.6 Å². The normalized spacial score (nSPS) is 12.3. The average Bonchev–Trinajstić information content (AvgIpc) is 2.87. The first-order chi connectivity index (χ1) is 11.0. The number of aromatic amines is 1. The van der Waals surface area contributed by atoms with E-state index in [0.717, 1.165) is 24.2 Å². The molecule has 0 amide bonds. The minimum atomic E-state index is -0.633. The van der Waals surface area contributed by atoms with Crippen molar-refractivity contribution in [3.05, 3.63) is 46.1 Å². The van der Waals surface area contributed by atoms with Gasteiger partial charge in [0.15, 0.2) is 5.82 Å². The number of nitrogens with one attached hydrogen (secondary N) is 1. The summed E-state index contributed by atoms with van der Waals surface area (Å²) in [5, 5.41) is 26.5. The minimum absolute atomic E-state index is 0.241. The highest BCUT2D eigenvalue weighted by Crippen LogP contribution is 2.23. The summed E-state index contributed by atoms with van der Waals surface area (Å²) in [5.74, 6) is 0.241. The van der Waals surface area contributed by atoms with Gasteiger partial charge in [0.2, 0.25) is 0 Å². The Labute approximate surface area is 140 Å². The molecule has 1 aromatic heterocycles. The number of hydrogen-bond donors (Lipinski definition) is 3. The molecular formula is C16H20ClN5O. The van der Waals surface area contributed by atoms with Crippen LogP contribution in [0.4, 0.5) is 5.82 Å². The van der Waals surface area contributed by atoms with Crippen LogP contribution in [0, 0.1) is 11.3 Å². The van der Waals surface area contributed by atoms with E-state index in [1.165, 1.54) is 0 Å². The van der Waals surface area contributed by atoms with Crippen LogP contribution in [0.5, 0.6) is 0 Å². The Morgan fingerprint density at radius 3 is 2.91 bits per heavy atom. The van der Waals surface area contributed by atoms with Crippen molar-refractivity contribution < 1.29 is 5.11 Å². The summed E-state index contributed by atoms with van der Waals surface area (Å²) < 4.78 is 0. The average molecular weight is 334 g/mol. The zero-order valence-corrected chi connectivity index (χ0v) is 13.7. The Morgan fingerprint density at radius 1 is 1.48 bits per heavy atom. The van der Waals surface area contributed by atoms with Crippen molar-refractivity contribution in [3.8, 4) is 6.07 Å². The number of aromatic nitrogens is 2. The summed E-state index contributed by atoms with van der Waals surface area (Å²) in [6, 6.07) is 9.35. The fourth-order valence-electron chi connectivity index (χ4n) is 2.46. The number of benzene rings is 1. The molecule has 0 bridgehead atoms. The second kappa shape index (κ2) is 7.97. The first-order valence-corrected chi connectivity index (χ1v) is 7.74. The quantitative estimate of drug-likeness (QED) is 0.720. The van der Waals surface area contributed by atoms with Gasteiger partial charge in [0.05, 0.1) is 11.8 Å². The molecule has 122 valence electrons. The van der Waals surface area contributed by atoms with Crippen molar-refractivity contribution >= 4 is 17.4 Å². The number of H-pyrrole nitrogens is 1. The van der Waals surface area contributed by atoms with Crippen LogP contribution in [0.3, 0.4) is 0 Å². The van der Waals surface area contributed by atoms with Gasteiger partial charge < -0.3 is 15.7 Å². The number of halogens is 1. The highest BCUT2D eigenvalue weighted by Gasteiger charge is 2.14. The minimum Gasteiger partial charge on any atom is -0.387 e. The van der Waals surface area contributed by atoms with Gasteiger partial charge in [0, 0.05) is 17.1 Å². The van der Waals surface area contributed by atoms with Crippen LogP contribution in [0.1, 0.15) is 29.3 Å². The SMILES string of the molecule is CN(CCCc1[nH]nc(N)c1C#N)CC(O)c1ccccc1Cl. The molecule has 0 aliphatic carbocycles. The molecule has 0 aliphatic rings. The van der Waals surface area contributed by atoms with Gasteiger partial charge in [-0.15, -0.1) is 0 Å². The van der Waals surface area contributed by atoms with Gasteiger partial charge in [0.25, 0.3) is 0 Å². The number of aliphatic hydroxyl groups is 1. The highest BCUT2D eigenvalue weighted by molar-refractivity contribution is 6.31. The molecule has 0 saturated carbocycles. The third kappa shape index (κ3) is 4.45. The second-order valence-corrected chi connectivity index (χ2v) is 5.88. The molecule has 0 aliphatic heterocycles. The van der Waals surface area contributed by atoms with Gasteiger partial charge in [-0.1, -0.05) is 29.8 Å². The molecular weight excluding hydrogens is 314 g/mol. The summed E-state index contributed by atoms with van der Waals surface area (Å²) in [6.45, 7) is 1.26. The van der Waals surface area contributed by atoms with Crippen molar-refractivity contribution in [2.24, 2.45) is 0 Å². The third-order valence-corrected chi connectivity index (χ3v) is 4.04. The van der Waals surface area contributed by atoms with E-state index in [0.29, 0.717) is 23.6 Å². The smallest absolute Gasteiger partial charge is 0.163 e. The molecule has 1 atom stereocenters. The van der Waals surface area contributed by atoms with Crippen molar-refractivity contribution in [3.63, 3.8) is 0 Å². The molecule has 0 spiro atoms. The Kier molecular flexibility index (Phi) is 5.99. The number of aliphatic hydroxyl groups excluding tert-OH is 1. The monoisotopic (exact) mass is 333 g/mol. The lowest BCUT2D eigenvalue weighted by molar-refractivity contribution is 0.126. The highest BCUT2D eigenvalue weighted by atomic mass is 35.5. The van der Waals surface area contributed by atoms with E-state index < -0.39 is 6.10 Å². The lowest BCUT2D eigenvalue weighted by Crippen LogP contribution is -2.26. The van der Waals surface area contributed by atoms with Gasteiger partial charge in [-0.3, -0.25) is 5.10 Å². The summed E-state index contributed by atoms with van der Waals surface area (Å²) in [4.78, 5) is 2.03. The van der Waals surface area contributed by atoms with Gasteiger partial charge in [-0.2, -0.15) is 10.4 Å². The largest absolute Gasteiger partial charge is 0.387 e. The maximum absolute atomic E-state index is 10.3. The van der Waals surface area contributed by atoms with E-state index in [-0.39, 0.29) is 5.82 Å². The Hall–Kier alpha value is -2.07. The number of nitriles is 1. The van der Waals surface area contributed by atoms with E-state index >= 15 is 0 Å². The molecule has 2 rings (SSSR count). The molecule has 6 nitrogen and oxygen atoms in total. The Morgan fingerprint density at radius 2 is 2.22 bits per heavy atom. The van der Waals surface area contributed by atoms with Crippen LogP contribution in [0.2, 0.25) is 5.02 Å². The van der Waals surface area contributed by atoms with Crippen molar-refractivity contribution in [1.29, 1.82) is 5.26 Å². The van der Waals surface area contributed by atoms with E-state index in [2.05, 4.69) is 16.3 Å². The van der Waals surface area contributed by atoms with Crippen molar-refractivity contribution in [2.45, 2.75) is 18.9 Å². The van der Waals surface area contributed by atoms with Crippen molar-refractivity contribution in [1.82, 2.24) is 15.1 Å². The molecule has 0 saturated heterocycles. The van der Waals surface area contributed by atoms with Gasteiger partial charge in [-0.25, -0.2) is 0 Å². The lowest BCUT2D eigenvalue weighted by Gasteiger charge is -2.21. The van der Waals surface area contributed by atoms with Crippen molar-refractivity contribution in [2.75, 3.05) is 25.9 Å². The number of likely N-dealkylation sites (N-methyl/N-ethyl adjacent to an activating group) is 1. The van der Waals surface area contributed by atoms with Crippen LogP contribution in [0.15, 0.2) is 24.3 Å². The first kappa shape index (κ1) is 17.3.